The summed E-state index contributed by atoms with van der Waals surface area (Å²) in [5, 5.41) is 10.2. The van der Waals surface area contributed by atoms with Crippen molar-refractivity contribution in [2.24, 2.45) is 5.73 Å². The van der Waals surface area contributed by atoms with E-state index in [0.29, 0.717) is 16.8 Å². The number of benzene rings is 1. The minimum Gasteiger partial charge on any atom is -0.386 e. The number of hydrogen-bond donors (Lipinski definition) is 2. The molecule has 0 aliphatic rings. The van der Waals surface area contributed by atoms with Crippen LogP contribution in [-0.2, 0) is 5.60 Å². The monoisotopic (exact) mass is 304 g/mol. The predicted octanol–water partition coefficient (Wildman–Crippen LogP) is 3.23. The van der Waals surface area contributed by atoms with E-state index in [1.165, 1.54) is 44.2 Å². The Labute approximate surface area is 128 Å². The van der Waals surface area contributed by atoms with E-state index in [0.717, 1.165) is 0 Å². The molecule has 0 spiro atoms. The Morgan fingerprint density at radius 2 is 1.86 bits per heavy atom. The molecule has 1 aromatic carbocycles. The molecule has 0 saturated heterocycles. The number of aromatic nitrogens is 1. The highest BCUT2D eigenvalue weighted by Crippen LogP contribution is 2.31. The van der Waals surface area contributed by atoms with Crippen molar-refractivity contribution in [3.8, 4) is 11.3 Å². The van der Waals surface area contributed by atoms with Crippen LogP contribution in [0.3, 0.4) is 0 Å². The Bertz CT molecular complexity index is 704. The molecule has 0 bridgehead atoms. The SMILES string of the molecule is C=C(CN)c1cc(C(C)(C)O)c(F)c(-c2ccc(F)cc2)n1. The van der Waals surface area contributed by atoms with Gasteiger partial charge in [0.05, 0.1) is 11.3 Å². The van der Waals surface area contributed by atoms with Gasteiger partial charge in [0.1, 0.15) is 11.5 Å². The average molecular weight is 304 g/mol. The van der Waals surface area contributed by atoms with E-state index in [1.54, 1.807) is 0 Å². The van der Waals surface area contributed by atoms with Crippen LogP contribution in [0.25, 0.3) is 16.8 Å². The number of hydrogen-bond acceptors (Lipinski definition) is 3. The lowest BCUT2D eigenvalue weighted by molar-refractivity contribution is 0.0745. The van der Waals surface area contributed by atoms with E-state index in [9.17, 15) is 13.9 Å². The first kappa shape index (κ1) is 16.3. The third-order valence-corrected chi connectivity index (χ3v) is 3.34. The van der Waals surface area contributed by atoms with Crippen LogP contribution in [0.15, 0.2) is 36.9 Å². The Morgan fingerprint density at radius 3 is 2.36 bits per heavy atom. The second-order valence-electron chi connectivity index (χ2n) is 5.59. The zero-order valence-corrected chi connectivity index (χ0v) is 12.5. The maximum absolute atomic E-state index is 14.7. The van der Waals surface area contributed by atoms with Gasteiger partial charge in [-0.1, -0.05) is 6.58 Å². The third kappa shape index (κ3) is 3.21. The lowest BCUT2D eigenvalue weighted by Gasteiger charge is -2.21. The van der Waals surface area contributed by atoms with Crippen molar-refractivity contribution >= 4 is 5.57 Å². The average Bonchev–Trinajstić information content (AvgIpc) is 2.46. The fourth-order valence-corrected chi connectivity index (χ4v) is 2.06. The summed E-state index contributed by atoms with van der Waals surface area (Å²) in [6, 6.07) is 6.76. The summed E-state index contributed by atoms with van der Waals surface area (Å²) in [5.74, 6) is -1.07. The molecule has 0 aliphatic carbocycles. The molecule has 0 amide bonds. The first-order chi connectivity index (χ1) is 10.2. The summed E-state index contributed by atoms with van der Waals surface area (Å²) in [4.78, 5) is 4.23. The molecule has 0 radical (unpaired) electrons. The quantitative estimate of drug-likeness (QED) is 0.911. The molecule has 0 atom stereocenters. The molecule has 2 aromatic rings. The van der Waals surface area contributed by atoms with Crippen molar-refractivity contribution in [2.75, 3.05) is 6.54 Å². The fourth-order valence-electron chi connectivity index (χ4n) is 2.06. The maximum Gasteiger partial charge on any atom is 0.155 e. The lowest BCUT2D eigenvalue weighted by Crippen LogP contribution is -2.20. The van der Waals surface area contributed by atoms with Gasteiger partial charge < -0.3 is 10.8 Å². The molecule has 1 aromatic heterocycles. The highest BCUT2D eigenvalue weighted by molar-refractivity contribution is 5.68. The Hall–Kier alpha value is -2.11. The summed E-state index contributed by atoms with van der Waals surface area (Å²) in [5.41, 5.74) is 5.63. The van der Waals surface area contributed by atoms with E-state index in [-0.39, 0.29) is 17.8 Å². The smallest absolute Gasteiger partial charge is 0.155 e. The number of aliphatic hydroxyl groups is 1. The summed E-state index contributed by atoms with van der Waals surface area (Å²) >= 11 is 0. The molecule has 22 heavy (non-hydrogen) atoms. The molecule has 0 unspecified atom stereocenters. The van der Waals surface area contributed by atoms with Crippen molar-refractivity contribution in [2.45, 2.75) is 19.4 Å². The second-order valence-corrected chi connectivity index (χ2v) is 5.59. The maximum atomic E-state index is 14.7. The Morgan fingerprint density at radius 1 is 1.27 bits per heavy atom. The minimum absolute atomic E-state index is 0.0317. The van der Waals surface area contributed by atoms with Gasteiger partial charge in [0.2, 0.25) is 0 Å². The number of nitrogens with two attached hydrogens (primary N) is 1. The van der Waals surface area contributed by atoms with E-state index in [4.69, 9.17) is 5.73 Å². The van der Waals surface area contributed by atoms with E-state index < -0.39 is 17.2 Å². The fraction of sp³-hybridized carbons (Fsp3) is 0.235. The van der Waals surface area contributed by atoms with Crippen LogP contribution in [0.4, 0.5) is 8.78 Å². The summed E-state index contributed by atoms with van der Waals surface area (Å²) in [6.07, 6.45) is 0. The van der Waals surface area contributed by atoms with Crippen LogP contribution < -0.4 is 5.73 Å². The first-order valence-electron chi connectivity index (χ1n) is 6.81. The van der Waals surface area contributed by atoms with Gasteiger partial charge in [-0.2, -0.15) is 0 Å². The summed E-state index contributed by atoms with van der Waals surface area (Å²) < 4.78 is 27.8. The Balaban J connectivity index is 2.71. The van der Waals surface area contributed by atoms with Gasteiger partial charge in [-0.15, -0.1) is 0 Å². The molecule has 0 saturated carbocycles. The van der Waals surface area contributed by atoms with Gasteiger partial charge in [-0.25, -0.2) is 13.8 Å². The van der Waals surface area contributed by atoms with Crippen LogP contribution >= 0.6 is 0 Å². The number of halogens is 2. The highest BCUT2D eigenvalue weighted by atomic mass is 19.1. The molecular weight excluding hydrogens is 286 g/mol. The van der Waals surface area contributed by atoms with E-state index >= 15 is 0 Å². The van der Waals surface area contributed by atoms with Gasteiger partial charge in [0, 0.05) is 17.7 Å². The molecule has 3 nitrogen and oxygen atoms in total. The molecule has 1 heterocycles. The Kier molecular flexibility index (Phi) is 4.39. The van der Waals surface area contributed by atoms with Gasteiger partial charge in [0.15, 0.2) is 5.82 Å². The molecule has 116 valence electrons. The molecular formula is C17H18F2N2O. The van der Waals surface area contributed by atoms with Gasteiger partial charge in [-0.3, -0.25) is 0 Å². The van der Waals surface area contributed by atoms with Crippen molar-refractivity contribution in [1.29, 1.82) is 0 Å². The van der Waals surface area contributed by atoms with Crippen molar-refractivity contribution in [3.63, 3.8) is 0 Å². The molecule has 3 N–H and O–H groups in total. The predicted molar refractivity (Wildman–Crippen MR) is 82.9 cm³/mol. The largest absolute Gasteiger partial charge is 0.386 e. The number of pyridine rings is 1. The van der Waals surface area contributed by atoms with Gasteiger partial charge >= 0.3 is 0 Å². The van der Waals surface area contributed by atoms with E-state index in [1.807, 2.05) is 0 Å². The number of rotatable bonds is 4. The van der Waals surface area contributed by atoms with Crippen LogP contribution in [0, 0.1) is 11.6 Å². The van der Waals surface area contributed by atoms with Gasteiger partial charge in [-0.05, 0) is 49.8 Å². The zero-order chi connectivity index (χ0) is 16.5. The van der Waals surface area contributed by atoms with Crippen LogP contribution in [0.1, 0.15) is 25.1 Å². The molecule has 2 rings (SSSR count). The highest BCUT2D eigenvalue weighted by Gasteiger charge is 2.25. The van der Waals surface area contributed by atoms with Crippen molar-refractivity contribution in [1.82, 2.24) is 4.98 Å². The van der Waals surface area contributed by atoms with Crippen LogP contribution in [-0.4, -0.2) is 16.6 Å². The molecule has 0 aliphatic heterocycles. The zero-order valence-electron chi connectivity index (χ0n) is 12.5. The van der Waals surface area contributed by atoms with E-state index in [2.05, 4.69) is 11.6 Å². The van der Waals surface area contributed by atoms with Crippen LogP contribution in [0.2, 0.25) is 0 Å². The first-order valence-corrected chi connectivity index (χ1v) is 6.81. The standard InChI is InChI=1S/C17H18F2N2O/c1-10(9-20)14-8-13(17(2,3)22)15(19)16(21-14)11-4-6-12(18)7-5-11/h4-8,22H,1,9,20H2,2-3H3. The minimum atomic E-state index is -1.40. The second kappa shape index (κ2) is 5.94. The third-order valence-electron chi connectivity index (χ3n) is 3.34. The van der Waals surface area contributed by atoms with Crippen molar-refractivity contribution < 1.29 is 13.9 Å². The summed E-state index contributed by atoms with van der Waals surface area (Å²) in [6.45, 7) is 6.92. The topological polar surface area (TPSA) is 59.1 Å². The summed E-state index contributed by atoms with van der Waals surface area (Å²) in [7, 11) is 0. The van der Waals surface area contributed by atoms with Crippen molar-refractivity contribution in [3.05, 3.63) is 59.8 Å². The lowest BCUT2D eigenvalue weighted by atomic mass is 9.94. The van der Waals surface area contributed by atoms with Crippen LogP contribution in [0.5, 0.6) is 0 Å². The number of nitrogens with zero attached hydrogens (tertiary/aromatic N) is 1. The molecule has 0 fully saturated rings. The molecule has 5 heteroatoms. The van der Waals surface area contributed by atoms with Gasteiger partial charge in [0.25, 0.3) is 0 Å². The normalized spacial score (nSPS) is 11.5.